The monoisotopic (exact) mass is 251 g/mol. The zero-order chi connectivity index (χ0) is 13.5. The molecule has 1 aromatic rings. The van der Waals surface area contributed by atoms with Crippen LogP contribution >= 0.6 is 0 Å². The van der Waals surface area contributed by atoms with Crippen LogP contribution in [0, 0.1) is 0 Å². The van der Waals surface area contributed by atoms with Crippen LogP contribution in [0.1, 0.15) is 24.5 Å². The van der Waals surface area contributed by atoms with E-state index in [1.54, 1.807) is 31.2 Å². The fourth-order valence-electron chi connectivity index (χ4n) is 1.44. The maximum atomic E-state index is 11.5. The maximum absolute atomic E-state index is 11.5. The number of carbonyl (C=O) groups is 1. The molecule has 0 aliphatic heterocycles. The van der Waals surface area contributed by atoms with Crippen molar-refractivity contribution in [1.82, 2.24) is 5.06 Å². The first kappa shape index (κ1) is 14.0. The smallest absolute Gasteiger partial charge is 0.246 e. The molecular weight excluding hydrogens is 234 g/mol. The largest absolute Gasteiger partial charge is 0.409 e. The van der Waals surface area contributed by atoms with E-state index in [1.165, 1.54) is 12.2 Å². The number of amides is 1. The number of nitrogens with two attached hydrogens (primary N) is 1. The van der Waals surface area contributed by atoms with E-state index < -0.39 is 0 Å². The average Bonchev–Trinajstić information content (AvgIpc) is 2.43. The molecule has 3 N–H and O–H groups in total. The lowest BCUT2D eigenvalue weighted by molar-refractivity contribution is -0.178. The third kappa shape index (κ3) is 3.46. The average molecular weight is 251 g/mol. The van der Waals surface area contributed by atoms with Crippen LogP contribution in [0.4, 0.5) is 0 Å². The molecule has 1 aromatic carbocycles. The van der Waals surface area contributed by atoms with Crippen LogP contribution < -0.4 is 5.73 Å². The standard InChI is InChI=1S/C12H17N3O3/c1-3-11(16)15(18-2)8-9-4-6-10(7-5-9)12(13)14-17/h4-7,17H,3,8H2,1-2H3,(H2,13,14). The highest BCUT2D eigenvalue weighted by molar-refractivity contribution is 5.96. The first-order valence-electron chi connectivity index (χ1n) is 5.53. The molecule has 0 fully saturated rings. The van der Waals surface area contributed by atoms with E-state index in [0.717, 1.165) is 5.56 Å². The minimum atomic E-state index is -0.0852. The molecule has 0 aliphatic carbocycles. The second-order valence-electron chi connectivity index (χ2n) is 3.65. The molecule has 0 heterocycles. The van der Waals surface area contributed by atoms with E-state index in [9.17, 15) is 4.79 Å². The summed E-state index contributed by atoms with van der Waals surface area (Å²) in [6.07, 6.45) is 0.385. The fourth-order valence-corrected chi connectivity index (χ4v) is 1.44. The first-order chi connectivity index (χ1) is 8.62. The molecule has 18 heavy (non-hydrogen) atoms. The molecule has 6 heteroatoms. The van der Waals surface area contributed by atoms with Crippen LogP contribution in [0.3, 0.4) is 0 Å². The van der Waals surface area contributed by atoms with Gasteiger partial charge in [-0.25, -0.2) is 5.06 Å². The quantitative estimate of drug-likeness (QED) is 0.355. The molecule has 0 spiro atoms. The van der Waals surface area contributed by atoms with Gasteiger partial charge in [-0.2, -0.15) is 0 Å². The number of rotatable bonds is 5. The summed E-state index contributed by atoms with van der Waals surface area (Å²) >= 11 is 0. The minimum absolute atomic E-state index is 0.0507. The summed E-state index contributed by atoms with van der Waals surface area (Å²) in [5.41, 5.74) is 6.97. The highest BCUT2D eigenvalue weighted by atomic mass is 16.7. The Hall–Kier alpha value is -2.08. The first-order valence-corrected chi connectivity index (χ1v) is 5.53. The highest BCUT2D eigenvalue weighted by Gasteiger charge is 2.11. The number of hydroxylamine groups is 2. The molecule has 98 valence electrons. The third-order valence-electron chi connectivity index (χ3n) is 2.48. The van der Waals surface area contributed by atoms with Crippen molar-refractivity contribution in [3.63, 3.8) is 0 Å². The van der Waals surface area contributed by atoms with Gasteiger partial charge in [0, 0.05) is 12.0 Å². The SMILES string of the molecule is CCC(=O)N(Cc1ccc(/C(N)=N/O)cc1)OC. The molecular formula is C12H17N3O3. The van der Waals surface area contributed by atoms with E-state index in [4.69, 9.17) is 15.8 Å². The van der Waals surface area contributed by atoms with Gasteiger partial charge in [0.05, 0.1) is 13.7 Å². The van der Waals surface area contributed by atoms with Crippen molar-refractivity contribution in [3.05, 3.63) is 35.4 Å². The Balaban J connectivity index is 2.77. The zero-order valence-electron chi connectivity index (χ0n) is 10.5. The van der Waals surface area contributed by atoms with E-state index in [-0.39, 0.29) is 11.7 Å². The lowest BCUT2D eigenvalue weighted by Gasteiger charge is -2.19. The Morgan fingerprint density at radius 2 is 2.06 bits per heavy atom. The zero-order valence-corrected chi connectivity index (χ0v) is 10.5. The van der Waals surface area contributed by atoms with E-state index >= 15 is 0 Å². The summed E-state index contributed by atoms with van der Waals surface area (Å²) in [5.74, 6) is -0.0345. The molecule has 0 saturated heterocycles. The van der Waals surface area contributed by atoms with E-state index in [1.807, 2.05) is 0 Å². The molecule has 0 aliphatic rings. The van der Waals surface area contributed by atoms with E-state index in [0.29, 0.717) is 18.5 Å². The Kier molecular flexibility index (Phi) is 5.13. The van der Waals surface area contributed by atoms with E-state index in [2.05, 4.69) is 5.16 Å². The molecule has 0 atom stereocenters. The summed E-state index contributed by atoms with van der Waals surface area (Å²) in [6, 6.07) is 7.02. The number of benzene rings is 1. The lowest BCUT2D eigenvalue weighted by Crippen LogP contribution is -2.28. The van der Waals surface area contributed by atoms with Crippen LogP contribution in [0.5, 0.6) is 0 Å². The summed E-state index contributed by atoms with van der Waals surface area (Å²) in [5, 5.41) is 12.7. The summed E-state index contributed by atoms with van der Waals surface area (Å²) in [4.78, 5) is 16.5. The van der Waals surface area contributed by atoms with Gasteiger partial charge in [-0.05, 0) is 5.56 Å². The van der Waals surface area contributed by atoms with Crippen molar-refractivity contribution < 1.29 is 14.8 Å². The Bertz CT molecular complexity index is 429. The topological polar surface area (TPSA) is 88.2 Å². The highest BCUT2D eigenvalue weighted by Crippen LogP contribution is 2.08. The molecule has 0 saturated carbocycles. The number of nitrogens with zero attached hydrogens (tertiary/aromatic N) is 2. The molecule has 0 radical (unpaired) electrons. The summed E-state index contributed by atoms with van der Waals surface area (Å²) < 4.78 is 0. The van der Waals surface area contributed by atoms with Crippen molar-refractivity contribution in [1.29, 1.82) is 0 Å². The van der Waals surface area contributed by atoms with Crippen LogP contribution in [0.15, 0.2) is 29.4 Å². The third-order valence-corrected chi connectivity index (χ3v) is 2.48. The number of amidine groups is 1. The Morgan fingerprint density at radius 1 is 1.44 bits per heavy atom. The van der Waals surface area contributed by atoms with Crippen molar-refractivity contribution >= 4 is 11.7 Å². The van der Waals surface area contributed by atoms with Gasteiger partial charge >= 0.3 is 0 Å². The lowest BCUT2D eigenvalue weighted by atomic mass is 10.1. The van der Waals surface area contributed by atoms with Crippen LogP contribution in [0.2, 0.25) is 0 Å². The molecule has 0 aromatic heterocycles. The Labute approximate surface area is 106 Å². The van der Waals surface area contributed by atoms with Crippen LogP contribution in [0.25, 0.3) is 0 Å². The number of carbonyl (C=O) groups excluding carboxylic acids is 1. The second-order valence-corrected chi connectivity index (χ2v) is 3.65. The van der Waals surface area contributed by atoms with Crippen molar-refractivity contribution in [2.75, 3.05) is 7.11 Å². The molecule has 0 bridgehead atoms. The summed E-state index contributed by atoms with van der Waals surface area (Å²) in [6.45, 7) is 2.13. The number of hydrogen-bond donors (Lipinski definition) is 2. The minimum Gasteiger partial charge on any atom is -0.409 e. The molecule has 1 rings (SSSR count). The van der Waals surface area contributed by atoms with Gasteiger partial charge in [0.2, 0.25) is 5.91 Å². The van der Waals surface area contributed by atoms with Gasteiger partial charge in [-0.15, -0.1) is 0 Å². The number of oxime groups is 1. The summed E-state index contributed by atoms with van der Waals surface area (Å²) in [7, 11) is 1.46. The van der Waals surface area contributed by atoms with Gasteiger partial charge in [0.1, 0.15) is 0 Å². The van der Waals surface area contributed by atoms with Gasteiger partial charge < -0.3 is 10.9 Å². The molecule has 1 amide bonds. The second kappa shape index (κ2) is 6.61. The predicted molar refractivity (Wildman–Crippen MR) is 66.8 cm³/mol. The van der Waals surface area contributed by atoms with Crippen molar-refractivity contribution in [2.24, 2.45) is 10.9 Å². The van der Waals surface area contributed by atoms with Gasteiger partial charge in [-0.1, -0.05) is 36.3 Å². The predicted octanol–water partition coefficient (Wildman–Crippen LogP) is 1.08. The fraction of sp³-hybridized carbons (Fsp3) is 0.333. The number of hydrogen-bond acceptors (Lipinski definition) is 4. The normalized spacial score (nSPS) is 11.3. The Morgan fingerprint density at radius 3 is 2.50 bits per heavy atom. The maximum Gasteiger partial charge on any atom is 0.246 e. The van der Waals surface area contributed by atoms with Crippen molar-refractivity contribution in [2.45, 2.75) is 19.9 Å². The molecule has 6 nitrogen and oxygen atoms in total. The van der Waals surface area contributed by atoms with Gasteiger partial charge in [0.15, 0.2) is 5.84 Å². The van der Waals surface area contributed by atoms with Crippen LogP contribution in [-0.2, 0) is 16.2 Å². The van der Waals surface area contributed by atoms with Crippen molar-refractivity contribution in [3.8, 4) is 0 Å². The molecule has 0 unspecified atom stereocenters. The van der Waals surface area contributed by atoms with Gasteiger partial charge in [-0.3, -0.25) is 9.63 Å². The van der Waals surface area contributed by atoms with Gasteiger partial charge in [0.25, 0.3) is 0 Å². The van der Waals surface area contributed by atoms with Crippen LogP contribution in [-0.4, -0.2) is 29.1 Å².